The Kier molecular flexibility index (Phi) is 4.74. The van der Waals surface area contributed by atoms with Crippen LogP contribution in [0.1, 0.15) is 32.6 Å². The molecule has 5 heteroatoms. The molecule has 1 aliphatic heterocycles. The maximum absolute atomic E-state index is 12.1. The van der Waals surface area contributed by atoms with Crippen molar-refractivity contribution < 1.29 is 9.21 Å². The Balaban J connectivity index is 1.57. The van der Waals surface area contributed by atoms with Gasteiger partial charge in [0.25, 0.3) is 0 Å². The average Bonchev–Trinajstić information content (AvgIpc) is 3.17. The molecule has 1 aromatic heterocycles. The highest BCUT2D eigenvalue weighted by Crippen LogP contribution is 2.24. The van der Waals surface area contributed by atoms with Crippen molar-refractivity contribution in [3.63, 3.8) is 0 Å². The second-order valence-corrected chi connectivity index (χ2v) is 6.66. The highest BCUT2D eigenvalue weighted by molar-refractivity contribution is 5.76. The molecule has 0 N–H and O–H groups in total. The molecule has 1 aromatic carbocycles. The number of nitrogens with zero attached hydrogens (tertiary/aromatic N) is 3. The molecule has 2 aromatic rings. The Morgan fingerprint density at radius 2 is 2.09 bits per heavy atom. The van der Waals surface area contributed by atoms with Crippen LogP contribution in [-0.2, 0) is 11.2 Å². The van der Waals surface area contributed by atoms with Gasteiger partial charge in [0.05, 0.1) is 0 Å². The number of aromatic nitrogens is 2. The van der Waals surface area contributed by atoms with E-state index < -0.39 is 0 Å². The SMILES string of the molecule is CC(C)CC(=O)N1CCC(Cc2nnc(-c3ccccc3)o2)C1. The fraction of sp³-hybridized carbons (Fsp3) is 0.500. The number of amides is 1. The third-order valence-corrected chi connectivity index (χ3v) is 4.17. The van der Waals surface area contributed by atoms with Crippen LogP contribution in [0.15, 0.2) is 34.7 Å². The van der Waals surface area contributed by atoms with Crippen molar-refractivity contribution in [2.45, 2.75) is 33.1 Å². The average molecular weight is 313 g/mol. The molecule has 1 atom stereocenters. The van der Waals surface area contributed by atoms with Crippen LogP contribution in [0.4, 0.5) is 0 Å². The summed E-state index contributed by atoms with van der Waals surface area (Å²) in [5.74, 6) is 2.30. The first-order valence-corrected chi connectivity index (χ1v) is 8.27. The van der Waals surface area contributed by atoms with Gasteiger partial charge in [0.1, 0.15) is 0 Å². The monoisotopic (exact) mass is 313 g/mol. The number of rotatable bonds is 5. The van der Waals surface area contributed by atoms with Gasteiger partial charge >= 0.3 is 0 Å². The van der Waals surface area contributed by atoms with Crippen molar-refractivity contribution in [2.24, 2.45) is 11.8 Å². The highest BCUT2D eigenvalue weighted by Gasteiger charge is 2.27. The van der Waals surface area contributed by atoms with Crippen molar-refractivity contribution in [3.05, 3.63) is 36.2 Å². The van der Waals surface area contributed by atoms with Gasteiger partial charge in [-0.3, -0.25) is 4.79 Å². The smallest absolute Gasteiger partial charge is 0.247 e. The predicted octanol–water partition coefficient (Wildman–Crippen LogP) is 3.17. The van der Waals surface area contributed by atoms with Crippen LogP contribution in [0.25, 0.3) is 11.5 Å². The zero-order valence-corrected chi connectivity index (χ0v) is 13.7. The predicted molar refractivity (Wildman–Crippen MR) is 87.6 cm³/mol. The van der Waals surface area contributed by atoms with Gasteiger partial charge in [-0.25, -0.2) is 0 Å². The second kappa shape index (κ2) is 6.94. The van der Waals surface area contributed by atoms with Crippen molar-refractivity contribution >= 4 is 5.91 Å². The lowest BCUT2D eigenvalue weighted by Crippen LogP contribution is -2.29. The van der Waals surface area contributed by atoms with Gasteiger partial charge in [-0.2, -0.15) is 0 Å². The first kappa shape index (κ1) is 15.7. The fourth-order valence-corrected chi connectivity index (χ4v) is 2.98. The summed E-state index contributed by atoms with van der Waals surface area (Å²) in [6.07, 6.45) is 2.38. The number of likely N-dealkylation sites (tertiary alicyclic amines) is 1. The minimum atomic E-state index is 0.262. The molecule has 1 saturated heterocycles. The van der Waals surface area contributed by atoms with E-state index in [4.69, 9.17) is 4.42 Å². The summed E-state index contributed by atoms with van der Waals surface area (Å²) < 4.78 is 5.77. The summed E-state index contributed by atoms with van der Waals surface area (Å²) >= 11 is 0. The molecular formula is C18H23N3O2. The number of hydrogen-bond acceptors (Lipinski definition) is 4. The molecule has 0 spiro atoms. The van der Waals surface area contributed by atoms with E-state index in [-0.39, 0.29) is 5.91 Å². The molecule has 23 heavy (non-hydrogen) atoms. The molecule has 1 aliphatic rings. The van der Waals surface area contributed by atoms with E-state index in [9.17, 15) is 4.79 Å². The normalized spacial score (nSPS) is 17.9. The third-order valence-electron chi connectivity index (χ3n) is 4.17. The molecule has 3 rings (SSSR count). The summed E-state index contributed by atoms with van der Waals surface area (Å²) in [4.78, 5) is 14.1. The molecule has 1 unspecified atom stereocenters. The zero-order valence-electron chi connectivity index (χ0n) is 13.7. The molecular weight excluding hydrogens is 290 g/mol. The van der Waals surface area contributed by atoms with Crippen molar-refractivity contribution in [3.8, 4) is 11.5 Å². The lowest BCUT2D eigenvalue weighted by atomic mass is 10.1. The van der Waals surface area contributed by atoms with Gasteiger partial charge in [-0.15, -0.1) is 10.2 Å². The van der Waals surface area contributed by atoms with Crippen LogP contribution in [0.3, 0.4) is 0 Å². The second-order valence-electron chi connectivity index (χ2n) is 6.66. The summed E-state index contributed by atoms with van der Waals surface area (Å²) in [7, 11) is 0. The summed E-state index contributed by atoms with van der Waals surface area (Å²) in [5, 5.41) is 8.28. The molecule has 122 valence electrons. The Labute approximate surface area is 136 Å². The molecule has 2 heterocycles. The third kappa shape index (κ3) is 3.97. The first-order valence-electron chi connectivity index (χ1n) is 8.27. The summed E-state index contributed by atoms with van der Waals surface area (Å²) in [5.41, 5.74) is 0.936. The van der Waals surface area contributed by atoms with Gasteiger partial charge in [0.15, 0.2) is 0 Å². The number of carbonyl (C=O) groups excluding carboxylic acids is 1. The van der Waals surface area contributed by atoms with Gasteiger partial charge in [0, 0.05) is 31.5 Å². The fourth-order valence-electron chi connectivity index (χ4n) is 2.98. The maximum Gasteiger partial charge on any atom is 0.247 e. The highest BCUT2D eigenvalue weighted by atomic mass is 16.4. The van der Waals surface area contributed by atoms with E-state index in [0.29, 0.717) is 30.0 Å². The van der Waals surface area contributed by atoms with Crippen LogP contribution >= 0.6 is 0 Å². The summed E-state index contributed by atoms with van der Waals surface area (Å²) in [6, 6.07) is 9.78. The number of carbonyl (C=O) groups is 1. The van der Waals surface area contributed by atoms with E-state index in [0.717, 1.165) is 31.5 Å². The van der Waals surface area contributed by atoms with E-state index in [2.05, 4.69) is 24.0 Å². The largest absolute Gasteiger partial charge is 0.421 e. The number of benzene rings is 1. The van der Waals surface area contributed by atoms with E-state index in [1.807, 2.05) is 35.2 Å². The Hall–Kier alpha value is -2.17. The molecule has 0 bridgehead atoms. The van der Waals surface area contributed by atoms with Crippen molar-refractivity contribution in [1.82, 2.24) is 15.1 Å². The molecule has 0 radical (unpaired) electrons. The van der Waals surface area contributed by atoms with E-state index >= 15 is 0 Å². The Bertz CT molecular complexity index is 651. The van der Waals surface area contributed by atoms with Gasteiger partial charge < -0.3 is 9.32 Å². The van der Waals surface area contributed by atoms with Gasteiger partial charge in [0.2, 0.25) is 17.7 Å². The van der Waals surface area contributed by atoms with Crippen LogP contribution in [-0.4, -0.2) is 34.1 Å². The lowest BCUT2D eigenvalue weighted by molar-refractivity contribution is -0.131. The topological polar surface area (TPSA) is 59.2 Å². The van der Waals surface area contributed by atoms with Gasteiger partial charge in [-0.05, 0) is 30.4 Å². The molecule has 1 amide bonds. The van der Waals surface area contributed by atoms with Gasteiger partial charge in [-0.1, -0.05) is 32.0 Å². The maximum atomic E-state index is 12.1. The van der Waals surface area contributed by atoms with Crippen LogP contribution in [0.5, 0.6) is 0 Å². The van der Waals surface area contributed by atoms with Crippen LogP contribution in [0.2, 0.25) is 0 Å². The molecule has 0 aliphatic carbocycles. The molecule has 5 nitrogen and oxygen atoms in total. The van der Waals surface area contributed by atoms with Crippen molar-refractivity contribution in [2.75, 3.05) is 13.1 Å². The molecule has 0 saturated carbocycles. The van der Waals surface area contributed by atoms with Crippen molar-refractivity contribution in [1.29, 1.82) is 0 Å². The zero-order chi connectivity index (χ0) is 16.2. The first-order chi connectivity index (χ1) is 11.1. The summed E-state index contributed by atoms with van der Waals surface area (Å²) in [6.45, 7) is 5.80. The van der Waals surface area contributed by atoms with E-state index in [1.165, 1.54) is 0 Å². The number of hydrogen-bond donors (Lipinski definition) is 0. The van der Waals surface area contributed by atoms with Crippen LogP contribution < -0.4 is 0 Å². The Morgan fingerprint density at radius 1 is 1.30 bits per heavy atom. The Morgan fingerprint density at radius 3 is 2.83 bits per heavy atom. The quantitative estimate of drug-likeness (QED) is 0.850. The lowest BCUT2D eigenvalue weighted by Gasteiger charge is -2.17. The minimum Gasteiger partial charge on any atom is -0.421 e. The van der Waals surface area contributed by atoms with Crippen LogP contribution in [0, 0.1) is 11.8 Å². The van der Waals surface area contributed by atoms with E-state index in [1.54, 1.807) is 0 Å². The molecule has 1 fully saturated rings. The minimum absolute atomic E-state index is 0.262. The standard InChI is InChI=1S/C18H23N3O2/c1-13(2)10-17(22)21-9-8-14(12-21)11-16-19-20-18(23-16)15-6-4-3-5-7-15/h3-7,13-14H,8-12H2,1-2H3.